The highest BCUT2D eigenvalue weighted by atomic mass is 16.7. The van der Waals surface area contributed by atoms with Gasteiger partial charge in [0.1, 0.15) is 6.04 Å². The molecule has 1 saturated heterocycles. The van der Waals surface area contributed by atoms with Gasteiger partial charge in [0.2, 0.25) is 0 Å². The summed E-state index contributed by atoms with van der Waals surface area (Å²) in [6.07, 6.45) is 0.222. The minimum absolute atomic E-state index is 0.111. The fourth-order valence-electron chi connectivity index (χ4n) is 0.945. The van der Waals surface area contributed by atoms with Crippen LogP contribution in [0.1, 0.15) is 19.8 Å². The van der Waals surface area contributed by atoms with Crippen LogP contribution in [-0.2, 0) is 19.2 Å². The first-order valence-electron chi connectivity index (χ1n) is 4.31. The van der Waals surface area contributed by atoms with E-state index in [0.717, 1.165) is 0 Å². The number of hydrogen-bond acceptors (Lipinski definition) is 5. The molecule has 0 aromatic carbocycles. The van der Waals surface area contributed by atoms with Crippen LogP contribution < -0.4 is 5.32 Å². The Morgan fingerprint density at radius 1 is 1.43 bits per heavy atom. The van der Waals surface area contributed by atoms with E-state index in [9.17, 15) is 14.4 Å². The largest absolute Gasteiger partial charge is 0.349 e. The van der Waals surface area contributed by atoms with E-state index in [1.807, 2.05) is 0 Å². The summed E-state index contributed by atoms with van der Waals surface area (Å²) >= 11 is 0. The number of carbonyl (C=O) groups excluding carboxylic acids is 3. The average Bonchev–Trinajstić information content (AvgIpc) is 2.48. The molecule has 1 fully saturated rings. The minimum atomic E-state index is -0.642. The molecule has 14 heavy (non-hydrogen) atoms. The molecule has 0 aliphatic carbocycles. The van der Waals surface area contributed by atoms with E-state index >= 15 is 0 Å². The SMILES string of the molecule is CNC(C)C(=O)ON1C(=O)CCC1=O. The summed E-state index contributed by atoms with van der Waals surface area (Å²) in [5.41, 5.74) is 0. The molecule has 0 radical (unpaired) electrons. The molecule has 0 spiro atoms. The molecule has 1 unspecified atom stereocenters. The highest BCUT2D eigenvalue weighted by Gasteiger charge is 2.33. The summed E-state index contributed by atoms with van der Waals surface area (Å²) in [7, 11) is 1.58. The number of hydrogen-bond donors (Lipinski definition) is 1. The number of rotatable bonds is 3. The summed E-state index contributed by atoms with van der Waals surface area (Å²) in [6, 6.07) is -0.545. The van der Waals surface area contributed by atoms with Gasteiger partial charge in [-0.1, -0.05) is 0 Å². The Morgan fingerprint density at radius 3 is 2.36 bits per heavy atom. The van der Waals surface area contributed by atoms with Gasteiger partial charge in [-0.15, -0.1) is 5.06 Å². The zero-order valence-corrected chi connectivity index (χ0v) is 8.07. The first-order valence-corrected chi connectivity index (χ1v) is 4.31. The van der Waals surface area contributed by atoms with Crippen molar-refractivity contribution >= 4 is 17.8 Å². The fourth-order valence-corrected chi connectivity index (χ4v) is 0.945. The van der Waals surface area contributed by atoms with Crippen molar-refractivity contribution in [2.24, 2.45) is 0 Å². The number of nitrogens with zero attached hydrogens (tertiary/aromatic N) is 1. The van der Waals surface area contributed by atoms with E-state index in [-0.39, 0.29) is 12.8 Å². The van der Waals surface area contributed by atoms with Gasteiger partial charge in [-0.05, 0) is 14.0 Å². The second-order valence-electron chi connectivity index (χ2n) is 3.00. The van der Waals surface area contributed by atoms with Gasteiger partial charge in [0, 0.05) is 12.8 Å². The maximum Gasteiger partial charge on any atom is 0.349 e. The third kappa shape index (κ3) is 2.08. The Morgan fingerprint density at radius 2 is 1.93 bits per heavy atom. The molecule has 1 heterocycles. The Hall–Kier alpha value is -1.43. The standard InChI is InChI=1S/C8H12N2O4/c1-5(9-2)8(13)14-10-6(11)3-4-7(10)12/h5,9H,3-4H2,1-2H3. The Bertz CT molecular complexity index is 261. The summed E-state index contributed by atoms with van der Waals surface area (Å²) in [5, 5.41) is 3.18. The van der Waals surface area contributed by atoms with Gasteiger partial charge in [0.05, 0.1) is 0 Å². The van der Waals surface area contributed by atoms with E-state index in [4.69, 9.17) is 0 Å². The van der Waals surface area contributed by atoms with E-state index in [0.29, 0.717) is 5.06 Å². The predicted molar refractivity (Wildman–Crippen MR) is 45.7 cm³/mol. The van der Waals surface area contributed by atoms with E-state index in [2.05, 4.69) is 10.2 Å². The highest BCUT2D eigenvalue weighted by Crippen LogP contribution is 2.12. The molecule has 1 N–H and O–H groups in total. The molecule has 0 saturated carbocycles. The number of hydroxylamine groups is 2. The summed E-state index contributed by atoms with van der Waals surface area (Å²) < 4.78 is 0. The summed E-state index contributed by atoms with van der Waals surface area (Å²) in [4.78, 5) is 37.9. The van der Waals surface area contributed by atoms with Crippen LogP contribution in [0.5, 0.6) is 0 Å². The molecule has 1 aliphatic rings. The smallest absolute Gasteiger partial charge is 0.329 e. The second kappa shape index (κ2) is 4.19. The number of imide groups is 1. The van der Waals surface area contributed by atoms with Crippen molar-refractivity contribution < 1.29 is 19.2 Å². The van der Waals surface area contributed by atoms with Crippen molar-refractivity contribution in [1.29, 1.82) is 0 Å². The van der Waals surface area contributed by atoms with Crippen molar-refractivity contribution in [3.63, 3.8) is 0 Å². The van der Waals surface area contributed by atoms with Crippen LogP contribution in [0, 0.1) is 0 Å². The molecule has 1 rings (SSSR count). The average molecular weight is 200 g/mol. The quantitative estimate of drug-likeness (QED) is 0.604. The molecule has 78 valence electrons. The van der Waals surface area contributed by atoms with Gasteiger partial charge >= 0.3 is 5.97 Å². The van der Waals surface area contributed by atoms with Crippen molar-refractivity contribution in [2.45, 2.75) is 25.8 Å². The highest BCUT2D eigenvalue weighted by molar-refractivity contribution is 6.01. The van der Waals surface area contributed by atoms with Crippen LogP contribution in [0.2, 0.25) is 0 Å². The molecule has 1 aliphatic heterocycles. The lowest BCUT2D eigenvalue weighted by Gasteiger charge is -2.15. The molecule has 2 amide bonds. The summed E-state index contributed by atoms with van der Waals surface area (Å²) in [6.45, 7) is 1.58. The van der Waals surface area contributed by atoms with Crippen LogP contribution in [0.4, 0.5) is 0 Å². The number of likely N-dealkylation sites (N-methyl/N-ethyl adjacent to an activating group) is 1. The van der Waals surface area contributed by atoms with Crippen molar-refractivity contribution in [3.8, 4) is 0 Å². The zero-order chi connectivity index (χ0) is 10.7. The molecule has 1 atom stereocenters. The first-order chi connectivity index (χ1) is 6.56. The lowest BCUT2D eigenvalue weighted by Crippen LogP contribution is -2.40. The van der Waals surface area contributed by atoms with Gasteiger partial charge in [0.15, 0.2) is 0 Å². The fraction of sp³-hybridized carbons (Fsp3) is 0.625. The van der Waals surface area contributed by atoms with Crippen LogP contribution in [-0.4, -0.2) is 35.9 Å². The number of amides is 2. The monoisotopic (exact) mass is 200 g/mol. The molecule has 0 aromatic rings. The Kier molecular flexibility index (Phi) is 3.19. The van der Waals surface area contributed by atoms with Crippen molar-refractivity contribution in [3.05, 3.63) is 0 Å². The maximum absolute atomic E-state index is 11.2. The lowest BCUT2D eigenvalue weighted by molar-refractivity contribution is -0.198. The Balaban J connectivity index is 2.55. The third-order valence-electron chi connectivity index (χ3n) is 1.97. The molecule has 6 heteroatoms. The maximum atomic E-state index is 11.2. The molecule has 0 bridgehead atoms. The van der Waals surface area contributed by atoms with Crippen LogP contribution >= 0.6 is 0 Å². The van der Waals surface area contributed by atoms with Crippen LogP contribution in [0.25, 0.3) is 0 Å². The van der Waals surface area contributed by atoms with Gasteiger partial charge < -0.3 is 10.2 Å². The number of nitrogens with one attached hydrogen (secondary N) is 1. The molecule has 6 nitrogen and oxygen atoms in total. The third-order valence-corrected chi connectivity index (χ3v) is 1.97. The second-order valence-corrected chi connectivity index (χ2v) is 3.00. The van der Waals surface area contributed by atoms with Gasteiger partial charge in [-0.25, -0.2) is 4.79 Å². The lowest BCUT2D eigenvalue weighted by atomic mass is 10.4. The van der Waals surface area contributed by atoms with Gasteiger partial charge in [-0.2, -0.15) is 0 Å². The predicted octanol–water partition coefficient (Wildman–Crippen LogP) is -0.799. The first kappa shape index (κ1) is 10.6. The van der Waals surface area contributed by atoms with Crippen LogP contribution in [0.3, 0.4) is 0 Å². The minimum Gasteiger partial charge on any atom is -0.329 e. The molecular weight excluding hydrogens is 188 g/mol. The van der Waals surface area contributed by atoms with E-state index in [1.54, 1.807) is 14.0 Å². The zero-order valence-electron chi connectivity index (χ0n) is 8.07. The molecular formula is C8H12N2O4. The van der Waals surface area contributed by atoms with Gasteiger partial charge in [0.25, 0.3) is 11.8 Å². The van der Waals surface area contributed by atoms with Crippen LogP contribution in [0.15, 0.2) is 0 Å². The topological polar surface area (TPSA) is 75.7 Å². The van der Waals surface area contributed by atoms with E-state index in [1.165, 1.54) is 0 Å². The van der Waals surface area contributed by atoms with Crippen molar-refractivity contribution in [1.82, 2.24) is 10.4 Å². The molecule has 0 aromatic heterocycles. The summed E-state index contributed by atoms with van der Waals surface area (Å²) in [5.74, 6) is -1.57. The van der Waals surface area contributed by atoms with Gasteiger partial charge in [-0.3, -0.25) is 9.59 Å². The van der Waals surface area contributed by atoms with Crippen molar-refractivity contribution in [2.75, 3.05) is 7.05 Å². The number of carbonyl (C=O) groups is 3. The van der Waals surface area contributed by atoms with E-state index < -0.39 is 23.8 Å². The Labute approximate surface area is 81.1 Å². The normalized spacial score (nSPS) is 18.6.